The van der Waals surface area contributed by atoms with Crippen LogP contribution in [0.2, 0.25) is 0 Å². The van der Waals surface area contributed by atoms with Crippen LogP contribution in [0.4, 0.5) is 0 Å². The summed E-state index contributed by atoms with van der Waals surface area (Å²) < 4.78 is 11.0. The van der Waals surface area contributed by atoms with Crippen LogP contribution in [0.3, 0.4) is 0 Å². The number of aliphatic hydroxyl groups excluding tert-OH is 1. The Labute approximate surface area is 195 Å². The minimum Gasteiger partial charge on any atom is -0.466 e. The first kappa shape index (κ1) is 25.5. The Morgan fingerprint density at radius 3 is 2.41 bits per heavy atom. The number of hydrogen-bond donors (Lipinski definition) is 1. The summed E-state index contributed by atoms with van der Waals surface area (Å²) in [6.45, 7) is 10.3. The zero-order valence-corrected chi connectivity index (χ0v) is 21.0. The molecule has 0 aromatic carbocycles. The highest BCUT2D eigenvalue weighted by Gasteiger charge is 2.61. The lowest BCUT2D eigenvalue weighted by Crippen LogP contribution is -2.57. The predicted octanol–water partition coefficient (Wildman–Crippen LogP) is 5.67. The second-order valence-corrected chi connectivity index (χ2v) is 11.5. The number of esters is 2. The molecule has 0 aromatic heterocycles. The van der Waals surface area contributed by atoms with Crippen LogP contribution in [0.15, 0.2) is 0 Å². The molecule has 0 radical (unpaired) electrons. The average molecular weight is 451 g/mol. The molecule has 0 aliphatic heterocycles. The Morgan fingerprint density at radius 1 is 1.00 bits per heavy atom. The Balaban J connectivity index is 1.82. The molecule has 1 N–H and O–H groups in total. The Morgan fingerprint density at radius 2 is 1.75 bits per heavy atom. The second kappa shape index (κ2) is 10.4. The summed E-state index contributed by atoms with van der Waals surface area (Å²) in [6, 6.07) is 0. The minimum absolute atomic E-state index is 0.0339. The summed E-state index contributed by atoms with van der Waals surface area (Å²) in [6.07, 6.45) is 11.4. The first-order valence-electron chi connectivity index (χ1n) is 13.1. The number of fused-ring (bicyclic) bond motifs is 3. The van der Waals surface area contributed by atoms with Crippen LogP contribution in [0.5, 0.6) is 0 Å². The lowest BCUT2D eigenvalue weighted by Gasteiger charge is -2.60. The molecule has 0 bridgehead atoms. The van der Waals surface area contributed by atoms with Gasteiger partial charge in [-0.3, -0.25) is 9.59 Å². The van der Waals surface area contributed by atoms with E-state index in [1.54, 1.807) is 0 Å². The van der Waals surface area contributed by atoms with Gasteiger partial charge in [0.25, 0.3) is 0 Å². The molecule has 8 atom stereocenters. The van der Waals surface area contributed by atoms with Crippen molar-refractivity contribution in [2.45, 2.75) is 117 Å². The van der Waals surface area contributed by atoms with Gasteiger partial charge in [0.15, 0.2) is 0 Å². The summed E-state index contributed by atoms with van der Waals surface area (Å²) in [7, 11) is 0. The molecule has 0 aromatic rings. The van der Waals surface area contributed by atoms with Gasteiger partial charge in [-0.1, -0.05) is 40.0 Å². The first-order chi connectivity index (χ1) is 15.1. The van der Waals surface area contributed by atoms with Crippen LogP contribution in [-0.2, 0) is 19.1 Å². The average Bonchev–Trinajstić information content (AvgIpc) is 3.05. The van der Waals surface area contributed by atoms with E-state index >= 15 is 0 Å². The van der Waals surface area contributed by atoms with Gasteiger partial charge in [-0.25, -0.2) is 0 Å². The molecule has 3 fully saturated rings. The highest BCUT2D eigenvalue weighted by Crippen LogP contribution is 2.65. The minimum atomic E-state index is -0.298. The van der Waals surface area contributed by atoms with Gasteiger partial charge in [0.2, 0.25) is 0 Å². The molecule has 3 saturated carbocycles. The van der Waals surface area contributed by atoms with E-state index in [-0.39, 0.29) is 35.0 Å². The highest BCUT2D eigenvalue weighted by molar-refractivity contribution is 5.66. The molecule has 3 aliphatic carbocycles. The molecule has 5 nitrogen and oxygen atoms in total. The number of carbonyl (C=O) groups excluding carboxylic acids is 2. The SMILES string of the molecule is CCCCCC1C[C@@H]2[C@H](CC[C@]3(C)[C@@H](OC(C)=O)CC[C@@H]23)[C@@](C)(CCCOC(C)=O)[C@@H]1O. The van der Waals surface area contributed by atoms with E-state index in [0.717, 1.165) is 51.4 Å². The van der Waals surface area contributed by atoms with E-state index in [0.29, 0.717) is 30.3 Å². The van der Waals surface area contributed by atoms with Gasteiger partial charge in [-0.15, -0.1) is 0 Å². The van der Waals surface area contributed by atoms with Crippen LogP contribution in [0.1, 0.15) is 105 Å². The third kappa shape index (κ3) is 5.03. The molecule has 3 aliphatic rings. The smallest absolute Gasteiger partial charge is 0.302 e. The lowest BCUT2D eigenvalue weighted by atomic mass is 9.46. The molecule has 0 saturated heterocycles. The van der Waals surface area contributed by atoms with E-state index in [4.69, 9.17) is 9.47 Å². The largest absolute Gasteiger partial charge is 0.466 e. The van der Waals surface area contributed by atoms with E-state index in [1.165, 1.54) is 33.1 Å². The predicted molar refractivity (Wildman–Crippen MR) is 125 cm³/mol. The summed E-state index contributed by atoms with van der Waals surface area (Å²) in [5, 5.41) is 11.6. The summed E-state index contributed by atoms with van der Waals surface area (Å²) in [5.41, 5.74) is -0.0947. The van der Waals surface area contributed by atoms with Crippen LogP contribution in [0, 0.1) is 34.5 Å². The monoisotopic (exact) mass is 450 g/mol. The highest BCUT2D eigenvalue weighted by atomic mass is 16.5. The van der Waals surface area contributed by atoms with Crippen LogP contribution < -0.4 is 0 Å². The van der Waals surface area contributed by atoms with Crippen molar-refractivity contribution in [3.8, 4) is 0 Å². The van der Waals surface area contributed by atoms with Gasteiger partial charge in [0, 0.05) is 19.3 Å². The van der Waals surface area contributed by atoms with Crippen molar-refractivity contribution in [1.29, 1.82) is 0 Å². The number of rotatable bonds is 9. The number of hydrogen-bond acceptors (Lipinski definition) is 5. The summed E-state index contributed by atoms with van der Waals surface area (Å²) in [4.78, 5) is 23.0. The quantitative estimate of drug-likeness (QED) is 0.362. The van der Waals surface area contributed by atoms with E-state index in [2.05, 4.69) is 20.8 Å². The molecule has 1 unspecified atom stereocenters. The number of ether oxygens (including phenoxy) is 2. The van der Waals surface area contributed by atoms with Gasteiger partial charge < -0.3 is 14.6 Å². The zero-order valence-electron chi connectivity index (χ0n) is 21.0. The maximum atomic E-state index is 11.7. The molecular weight excluding hydrogens is 404 g/mol. The summed E-state index contributed by atoms with van der Waals surface area (Å²) >= 11 is 0. The maximum Gasteiger partial charge on any atom is 0.302 e. The van der Waals surface area contributed by atoms with Crippen LogP contribution >= 0.6 is 0 Å². The maximum absolute atomic E-state index is 11.7. The van der Waals surface area contributed by atoms with Crippen molar-refractivity contribution in [3.63, 3.8) is 0 Å². The van der Waals surface area contributed by atoms with Crippen LogP contribution in [0.25, 0.3) is 0 Å². The molecule has 0 heterocycles. The topological polar surface area (TPSA) is 72.8 Å². The van der Waals surface area contributed by atoms with Crippen molar-refractivity contribution >= 4 is 11.9 Å². The molecule has 0 amide bonds. The summed E-state index contributed by atoms with van der Waals surface area (Å²) in [5.74, 6) is 1.54. The Bertz CT molecular complexity index is 662. The molecule has 5 heteroatoms. The Hall–Kier alpha value is -1.10. The number of carbonyl (C=O) groups is 2. The van der Waals surface area contributed by atoms with Crippen molar-refractivity contribution in [1.82, 2.24) is 0 Å². The molecule has 32 heavy (non-hydrogen) atoms. The van der Waals surface area contributed by atoms with Gasteiger partial charge in [0.1, 0.15) is 6.10 Å². The molecule has 3 rings (SSSR count). The van der Waals surface area contributed by atoms with Gasteiger partial charge >= 0.3 is 11.9 Å². The van der Waals surface area contributed by atoms with Crippen molar-refractivity contribution < 1.29 is 24.2 Å². The fraction of sp³-hybridized carbons (Fsp3) is 0.926. The third-order valence-electron chi connectivity index (χ3n) is 9.55. The lowest BCUT2D eigenvalue weighted by molar-refractivity contribution is -0.174. The standard InChI is InChI=1S/C27H46O5/c1-6-7-8-10-20-17-21-22-11-12-24(32-19(3)29)26(22,4)15-13-23(21)27(5,25(20)30)14-9-16-31-18(2)28/h20-25,30H,6-17H2,1-5H3/t20?,21-,22-,23-,24-,25+,26-,27+/m0/s1. The molecule has 0 spiro atoms. The van der Waals surface area contributed by atoms with E-state index in [9.17, 15) is 14.7 Å². The number of unbranched alkanes of at least 4 members (excludes halogenated alkanes) is 2. The van der Waals surface area contributed by atoms with Gasteiger partial charge in [0.05, 0.1) is 12.7 Å². The van der Waals surface area contributed by atoms with Crippen molar-refractivity contribution in [2.24, 2.45) is 34.5 Å². The fourth-order valence-corrected chi connectivity index (χ4v) is 7.95. The second-order valence-electron chi connectivity index (χ2n) is 11.5. The normalized spacial score (nSPS) is 40.9. The first-order valence-corrected chi connectivity index (χ1v) is 13.1. The zero-order chi connectivity index (χ0) is 23.5. The van der Waals surface area contributed by atoms with E-state index in [1.807, 2.05) is 0 Å². The number of aliphatic hydroxyl groups is 1. The van der Waals surface area contributed by atoms with Crippen molar-refractivity contribution in [3.05, 3.63) is 0 Å². The fourth-order valence-electron chi connectivity index (χ4n) is 7.95. The van der Waals surface area contributed by atoms with E-state index < -0.39 is 0 Å². The van der Waals surface area contributed by atoms with Gasteiger partial charge in [-0.2, -0.15) is 0 Å². The molecular formula is C27H46O5. The Kier molecular flexibility index (Phi) is 8.33. The third-order valence-corrected chi connectivity index (χ3v) is 9.55. The molecule has 184 valence electrons. The van der Waals surface area contributed by atoms with Crippen LogP contribution in [-0.4, -0.2) is 35.9 Å². The van der Waals surface area contributed by atoms with Gasteiger partial charge in [-0.05, 0) is 80.5 Å². The van der Waals surface area contributed by atoms with Crippen molar-refractivity contribution in [2.75, 3.05) is 6.61 Å².